The maximum Gasteiger partial charge on any atom is -0.0203 e. The summed E-state index contributed by atoms with van der Waals surface area (Å²) in [6.45, 7) is 18.5. The van der Waals surface area contributed by atoms with Crippen molar-refractivity contribution in [2.45, 2.75) is 68.2 Å². The Bertz CT molecular complexity index is 205. The van der Waals surface area contributed by atoms with Crippen LogP contribution in [0.2, 0.25) is 0 Å². The summed E-state index contributed by atoms with van der Waals surface area (Å²) in [5, 5.41) is 0. The van der Waals surface area contributed by atoms with Gasteiger partial charge in [0.2, 0.25) is 0 Å². The second-order valence-corrected chi connectivity index (χ2v) is 7.44. The molecule has 0 aliphatic heterocycles. The molecule has 0 spiro atoms. The highest BCUT2D eigenvalue weighted by molar-refractivity contribution is 4.94. The van der Waals surface area contributed by atoms with E-state index in [0.29, 0.717) is 16.2 Å². The van der Waals surface area contributed by atoms with E-state index < -0.39 is 0 Å². The topological polar surface area (TPSA) is 0 Å². The molecule has 0 heterocycles. The van der Waals surface area contributed by atoms with E-state index in [-0.39, 0.29) is 0 Å². The molecule has 0 atom stereocenters. The Kier molecular flexibility index (Phi) is 4.64. The lowest BCUT2D eigenvalue weighted by Gasteiger charge is -2.38. The second kappa shape index (κ2) is 4.72. The van der Waals surface area contributed by atoms with Gasteiger partial charge in [-0.3, -0.25) is 0 Å². The predicted molar refractivity (Wildman–Crippen MR) is 71.1 cm³/mol. The highest BCUT2D eigenvalue weighted by atomic mass is 14.4. The van der Waals surface area contributed by atoms with Crippen LogP contribution in [-0.2, 0) is 0 Å². The van der Waals surface area contributed by atoms with Crippen LogP contribution in [0.1, 0.15) is 68.2 Å². The van der Waals surface area contributed by atoms with Gasteiger partial charge in [0, 0.05) is 0 Å². The van der Waals surface area contributed by atoms with Crippen LogP contribution in [-0.4, -0.2) is 0 Å². The first-order valence-corrected chi connectivity index (χ1v) is 6.13. The van der Waals surface area contributed by atoms with Crippen molar-refractivity contribution < 1.29 is 0 Å². The van der Waals surface area contributed by atoms with E-state index in [9.17, 15) is 0 Å². The fourth-order valence-electron chi connectivity index (χ4n) is 1.26. The molecule has 0 unspecified atom stereocenters. The molecule has 90 valence electrons. The summed E-state index contributed by atoms with van der Waals surface area (Å²) in [5.41, 5.74) is 1.13. The van der Waals surface area contributed by atoms with Crippen LogP contribution in [0.5, 0.6) is 0 Å². The molecule has 0 amide bonds. The van der Waals surface area contributed by atoms with E-state index in [1.165, 1.54) is 12.8 Å². The van der Waals surface area contributed by atoms with E-state index in [4.69, 9.17) is 0 Å². The average Bonchev–Trinajstić information content (AvgIpc) is 1.94. The highest BCUT2D eigenvalue weighted by Crippen LogP contribution is 2.41. The second-order valence-electron chi connectivity index (χ2n) is 7.44. The molecule has 0 bridgehead atoms. The lowest BCUT2D eigenvalue weighted by atomic mass is 9.67. The summed E-state index contributed by atoms with van der Waals surface area (Å²) < 4.78 is 0. The minimum atomic E-state index is 0.325. The molecule has 0 saturated heterocycles. The van der Waals surface area contributed by atoms with Gasteiger partial charge in [0.05, 0.1) is 0 Å². The van der Waals surface area contributed by atoms with E-state index in [2.05, 4.69) is 67.5 Å². The molecular weight excluding hydrogens is 180 g/mol. The summed E-state index contributed by atoms with van der Waals surface area (Å²) in [6.07, 6.45) is 7.13. The number of hydrogen-bond donors (Lipinski definition) is 0. The van der Waals surface area contributed by atoms with Gasteiger partial charge in [-0.25, -0.2) is 0 Å². The molecule has 0 heteroatoms. The molecule has 0 aromatic rings. The third-order valence-electron chi connectivity index (χ3n) is 3.58. The zero-order valence-electron chi connectivity index (χ0n) is 12.1. The van der Waals surface area contributed by atoms with Gasteiger partial charge < -0.3 is 0 Å². The Morgan fingerprint density at radius 3 is 1.60 bits per heavy atom. The van der Waals surface area contributed by atoms with Crippen LogP contribution in [0.15, 0.2) is 12.2 Å². The molecule has 0 aliphatic carbocycles. The lowest BCUT2D eigenvalue weighted by Crippen LogP contribution is -2.29. The fourth-order valence-corrected chi connectivity index (χ4v) is 1.26. The van der Waals surface area contributed by atoms with E-state index in [1.807, 2.05) is 0 Å². The van der Waals surface area contributed by atoms with Crippen molar-refractivity contribution in [3.8, 4) is 0 Å². The first kappa shape index (κ1) is 14.7. The largest absolute Gasteiger partial charge is 0.0880 e. The minimum Gasteiger partial charge on any atom is -0.0880 e. The van der Waals surface area contributed by atoms with Gasteiger partial charge in [-0.15, -0.1) is 0 Å². The van der Waals surface area contributed by atoms with Crippen molar-refractivity contribution in [2.75, 3.05) is 0 Å². The molecule has 0 aliphatic rings. The SMILES string of the molecule is CC(C)(C)/C=C/CCC(C)(C)C(C)(C)C. The monoisotopic (exact) mass is 210 g/mol. The zero-order valence-corrected chi connectivity index (χ0v) is 12.1. The molecule has 0 aromatic heterocycles. The van der Waals surface area contributed by atoms with E-state index >= 15 is 0 Å². The Labute approximate surface area is 97.2 Å². The van der Waals surface area contributed by atoms with Gasteiger partial charge in [-0.2, -0.15) is 0 Å². The molecule has 0 saturated carbocycles. The summed E-state index contributed by atoms with van der Waals surface area (Å²) in [4.78, 5) is 0. The maximum atomic E-state index is 2.37. The predicted octanol–water partition coefficient (Wildman–Crippen LogP) is 5.44. The van der Waals surface area contributed by atoms with Crippen molar-refractivity contribution in [1.82, 2.24) is 0 Å². The number of rotatable bonds is 3. The third-order valence-corrected chi connectivity index (χ3v) is 3.58. The molecule has 0 aromatic carbocycles. The van der Waals surface area contributed by atoms with Gasteiger partial charge in [-0.05, 0) is 29.1 Å². The molecule has 0 N–H and O–H groups in total. The quantitative estimate of drug-likeness (QED) is 0.544. The minimum absolute atomic E-state index is 0.325. The van der Waals surface area contributed by atoms with Crippen LogP contribution in [0.3, 0.4) is 0 Å². The van der Waals surface area contributed by atoms with Gasteiger partial charge in [-0.1, -0.05) is 67.5 Å². The first-order valence-electron chi connectivity index (χ1n) is 6.13. The third kappa shape index (κ3) is 6.02. The van der Waals surface area contributed by atoms with Gasteiger partial charge in [0.1, 0.15) is 0 Å². The van der Waals surface area contributed by atoms with Gasteiger partial charge >= 0.3 is 0 Å². The Morgan fingerprint density at radius 2 is 1.27 bits per heavy atom. The fraction of sp³-hybridized carbons (Fsp3) is 0.867. The molecule has 15 heavy (non-hydrogen) atoms. The normalized spacial score (nSPS) is 14.9. The Hall–Kier alpha value is -0.260. The Morgan fingerprint density at radius 1 is 0.800 bits per heavy atom. The average molecular weight is 210 g/mol. The smallest absolute Gasteiger partial charge is 0.0203 e. The molecule has 0 fully saturated rings. The highest BCUT2D eigenvalue weighted by Gasteiger charge is 2.31. The summed E-state index contributed by atoms with van der Waals surface area (Å²) in [6, 6.07) is 0. The van der Waals surface area contributed by atoms with Crippen molar-refractivity contribution in [2.24, 2.45) is 16.2 Å². The van der Waals surface area contributed by atoms with Gasteiger partial charge in [0.25, 0.3) is 0 Å². The van der Waals surface area contributed by atoms with Crippen molar-refractivity contribution in [3.05, 3.63) is 12.2 Å². The van der Waals surface area contributed by atoms with Crippen LogP contribution < -0.4 is 0 Å². The van der Waals surface area contributed by atoms with Crippen molar-refractivity contribution >= 4 is 0 Å². The summed E-state index contributed by atoms with van der Waals surface area (Å²) >= 11 is 0. The van der Waals surface area contributed by atoms with Crippen LogP contribution in [0, 0.1) is 16.2 Å². The van der Waals surface area contributed by atoms with Crippen LogP contribution in [0.4, 0.5) is 0 Å². The van der Waals surface area contributed by atoms with Gasteiger partial charge in [0.15, 0.2) is 0 Å². The first-order chi connectivity index (χ1) is 6.46. The number of allylic oxidation sites excluding steroid dienone is 2. The molecule has 0 radical (unpaired) electrons. The lowest BCUT2D eigenvalue weighted by molar-refractivity contribution is 0.121. The molecule has 0 rings (SSSR count). The molecular formula is C15H30. The van der Waals surface area contributed by atoms with E-state index in [0.717, 1.165) is 0 Å². The molecule has 0 nitrogen and oxygen atoms in total. The summed E-state index contributed by atoms with van der Waals surface area (Å²) in [5.74, 6) is 0. The van der Waals surface area contributed by atoms with Crippen LogP contribution in [0.25, 0.3) is 0 Å². The summed E-state index contributed by atoms with van der Waals surface area (Å²) in [7, 11) is 0. The maximum absolute atomic E-state index is 2.37. The number of hydrogen-bond acceptors (Lipinski definition) is 0. The van der Waals surface area contributed by atoms with Crippen molar-refractivity contribution in [3.63, 3.8) is 0 Å². The zero-order chi connectivity index (χ0) is 12.3. The van der Waals surface area contributed by atoms with Crippen molar-refractivity contribution in [1.29, 1.82) is 0 Å². The van der Waals surface area contributed by atoms with Crippen LogP contribution >= 0.6 is 0 Å². The Balaban J connectivity index is 4.13. The van der Waals surface area contributed by atoms with E-state index in [1.54, 1.807) is 0 Å². The standard InChI is InChI=1S/C15H30/c1-13(2,3)11-9-10-12-15(7,8)14(4,5)6/h9,11H,10,12H2,1-8H3/b11-9+.